The van der Waals surface area contributed by atoms with Crippen LogP contribution in [0, 0.1) is 12.8 Å². The Labute approximate surface area is 179 Å². The molecule has 0 saturated carbocycles. The number of likely N-dealkylation sites (tertiary alicyclic amines) is 1. The van der Waals surface area contributed by atoms with Gasteiger partial charge in [0, 0.05) is 20.1 Å². The van der Waals surface area contributed by atoms with Crippen LogP contribution in [0.1, 0.15) is 27.0 Å². The van der Waals surface area contributed by atoms with Gasteiger partial charge < -0.3 is 25.2 Å². The van der Waals surface area contributed by atoms with Crippen LogP contribution in [0.15, 0.2) is 0 Å². The minimum atomic E-state index is -4.46. The maximum absolute atomic E-state index is 12.4. The van der Waals surface area contributed by atoms with Gasteiger partial charge in [-0.2, -0.15) is 18.2 Å². The third-order valence-electron chi connectivity index (χ3n) is 5.03. The molecule has 9 nitrogen and oxygen atoms in total. The van der Waals surface area contributed by atoms with Crippen LogP contribution in [0.2, 0.25) is 0 Å². The van der Waals surface area contributed by atoms with E-state index in [2.05, 4.69) is 25.3 Å². The minimum absolute atomic E-state index is 0. The maximum atomic E-state index is 12.4. The number of carbonyl (C=O) groups is 2. The summed E-state index contributed by atoms with van der Waals surface area (Å²) in [6.07, 6.45) is -4.46. The third kappa shape index (κ3) is 5.54. The summed E-state index contributed by atoms with van der Waals surface area (Å²) in [7, 11) is 1.81. The molecule has 0 aromatic carbocycles. The highest BCUT2D eigenvalue weighted by Gasteiger charge is 2.36. The number of rotatable bonds is 6. The van der Waals surface area contributed by atoms with Crippen LogP contribution in [0.3, 0.4) is 0 Å². The number of hydrogen-bond acceptors (Lipinski definition) is 7. The number of likely N-dealkylation sites (N-methyl/N-ethyl adjacent to an activating group) is 1. The number of amides is 2. The summed E-state index contributed by atoms with van der Waals surface area (Å²) in [4.78, 5) is 36.4. The first-order valence-electron chi connectivity index (χ1n) is 9.57. The Morgan fingerprint density at radius 2 is 1.97 bits per heavy atom. The Morgan fingerprint density at radius 3 is 2.55 bits per heavy atom. The van der Waals surface area contributed by atoms with E-state index in [-0.39, 0.29) is 31.3 Å². The molecule has 31 heavy (non-hydrogen) atoms. The summed E-state index contributed by atoms with van der Waals surface area (Å²) in [5, 5.41) is 6.00. The molecular formula is C19H29F3N6O3. The van der Waals surface area contributed by atoms with Crippen molar-refractivity contribution in [3.05, 3.63) is 5.69 Å². The van der Waals surface area contributed by atoms with Crippen LogP contribution in [-0.2, 0) is 14.3 Å². The first-order valence-corrected chi connectivity index (χ1v) is 9.57. The average Bonchev–Trinajstić information content (AvgIpc) is 2.57. The molecule has 1 fully saturated rings. The number of aromatic nitrogens is 2. The van der Waals surface area contributed by atoms with Gasteiger partial charge in [0.1, 0.15) is 24.9 Å². The van der Waals surface area contributed by atoms with E-state index < -0.39 is 25.3 Å². The van der Waals surface area contributed by atoms with Gasteiger partial charge in [0.25, 0.3) is 0 Å². The average molecular weight is 446 g/mol. The summed E-state index contributed by atoms with van der Waals surface area (Å²) >= 11 is 0. The molecule has 1 saturated heterocycles. The third-order valence-corrected chi connectivity index (χ3v) is 5.03. The molecule has 0 radical (unpaired) electrons. The van der Waals surface area contributed by atoms with Gasteiger partial charge in [-0.25, -0.2) is 4.98 Å². The number of halogens is 3. The molecular weight excluding hydrogens is 417 g/mol. The van der Waals surface area contributed by atoms with E-state index >= 15 is 0 Å². The minimum Gasteiger partial charge on any atom is -0.362 e. The van der Waals surface area contributed by atoms with Crippen molar-refractivity contribution in [1.82, 2.24) is 14.9 Å². The smallest absolute Gasteiger partial charge is 0.362 e. The number of anilines is 3. The molecule has 2 aliphatic rings. The highest BCUT2D eigenvalue weighted by molar-refractivity contribution is 6.03. The van der Waals surface area contributed by atoms with E-state index in [0.29, 0.717) is 36.2 Å². The molecule has 2 amide bonds. The van der Waals surface area contributed by atoms with Gasteiger partial charge in [-0.1, -0.05) is 21.3 Å². The van der Waals surface area contributed by atoms with Gasteiger partial charge >= 0.3 is 6.18 Å². The molecule has 2 N–H and O–H groups in total. The molecule has 2 aliphatic heterocycles. The summed E-state index contributed by atoms with van der Waals surface area (Å²) in [5.74, 6) is 0.453. The van der Waals surface area contributed by atoms with Gasteiger partial charge in [0.05, 0.1) is 11.7 Å². The van der Waals surface area contributed by atoms with E-state index in [1.807, 2.05) is 25.8 Å². The lowest BCUT2D eigenvalue weighted by Gasteiger charge is -2.40. The molecule has 0 unspecified atom stereocenters. The number of carbonyl (C=O) groups excluding carboxylic acids is 2. The molecule has 174 valence electrons. The molecule has 3 rings (SSSR count). The van der Waals surface area contributed by atoms with Crippen molar-refractivity contribution in [3.63, 3.8) is 0 Å². The van der Waals surface area contributed by atoms with Crippen LogP contribution in [0.25, 0.3) is 0 Å². The van der Waals surface area contributed by atoms with Crippen LogP contribution < -0.4 is 15.5 Å². The maximum Gasteiger partial charge on any atom is 0.411 e. The lowest BCUT2D eigenvalue weighted by molar-refractivity contribution is -0.178. The first-order chi connectivity index (χ1) is 14.0. The zero-order valence-electron chi connectivity index (χ0n) is 17.2. The molecule has 1 atom stereocenters. The molecule has 0 aliphatic carbocycles. The number of alkyl halides is 3. The lowest BCUT2D eigenvalue weighted by Crippen LogP contribution is -2.58. The zero-order chi connectivity index (χ0) is 22.2. The highest BCUT2D eigenvalue weighted by atomic mass is 19.4. The number of nitrogens with zero attached hydrogens (tertiary/aromatic N) is 4. The van der Waals surface area contributed by atoms with Gasteiger partial charge in [0.2, 0.25) is 17.8 Å². The normalized spacial score (nSPS) is 18.8. The van der Waals surface area contributed by atoms with E-state index in [4.69, 9.17) is 0 Å². The van der Waals surface area contributed by atoms with Crippen molar-refractivity contribution in [1.29, 1.82) is 0 Å². The van der Waals surface area contributed by atoms with Gasteiger partial charge in [-0.15, -0.1) is 0 Å². The van der Waals surface area contributed by atoms with Crippen molar-refractivity contribution in [2.24, 2.45) is 5.92 Å². The Kier molecular flexibility index (Phi) is 7.35. The Bertz CT molecular complexity index is 827. The number of fused-ring (bicyclic) bond motifs is 1. The Morgan fingerprint density at radius 1 is 1.32 bits per heavy atom. The molecule has 3 heterocycles. The largest absolute Gasteiger partial charge is 0.411 e. The zero-order valence-corrected chi connectivity index (χ0v) is 17.2. The lowest BCUT2D eigenvalue weighted by atomic mass is 9.99. The van der Waals surface area contributed by atoms with E-state index in [1.54, 1.807) is 6.92 Å². The van der Waals surface area contributed by atoms with Crippen LogP contribution >= 0.6 is 0 Å². The predicted octanol–water partition coefficient (Wildman–Crippen LogP) is 2.04. The van der Waals surface area contributed by atoms with Crippen molar-refractivity contribution in [2.75, 3.05) is 48.9 Å². The molecule has 0 bridgehead atoms. The second-order valence-electron chi connectivity index (χ2n) is 7.87. The van der Waals surface area contributed by atoms with E-state index in [9.17, 15) is 22.8 Å². The van der Waals surface area contributed by atoms with Crippen molar-refractivity contribution in [2.45, 2.75) is 46.5 Å². The van der Waals surface area contributed by atoms with Crippen LogP contribution in [-0.4, -0.2) is 78.3 Å². The quantitative estimate of drug-likeness (QED) is 0.690. The topological polar surface area (TPSA) is 99.7 Å². The second-order valence-corrected chi connectivity index (χ2v) is 7.87. The second kappa shape index (κ2) is 9.25. The molecule has 1 aromatic rings. The summed E-state index contributed by atoms with van der Waals surface area (Å²) < 4.78 is 40.6. The van der Waals surface area contributed by atoms with Gasteiger partial charge in [-0.3, -0.25) is 9.59 Å². The van der Waals surface area contributed by atoms with Gasteiger partial charge in [0.15, 0.2) is 5.82 Å². The number of hydrogen-bond donors (Lipinski definition) is 2. The standard InChI is InChI=1S/C18H25F3N6O3.CH4/c1-9(2)14-16(29)24-13-10(3)22-17(25-15(13)26(14)4)23-11-5-27(6-11)12(28)7-30-8-18(19,20)21;/h9,11,14H,5-8H2,1-4H3,(H,24,29)(H,22,23,25);1H4/t14-;/m0./s1. The number of nitrogens with one attached hydrogen (secondary N) is 2. The van der Waals surface area contributed by atoms with Gasteiger partial charge in [-0.05, 0) is 12.8 Å². The highest BCUT2D eigenvalue weighted by Crippen LogP contribution is 2.34. The number of ether oxygens (including phenoxy) is 1. The monoisotopic (exact) mass is 446 g/mol. The summed E-state index contributed by atoms with van der Waals surface area (Å²) in [6.45, 7) is 4.25. The fourth-order valence-corrected chi connectivity index (χ4v) is 3.58. The molecule has 1 aromatic heterocycles. The van der Waals surface area contributed by atoms with Crippen molar-refractivity contribution in [3.8, 4) is 0 Å². The van der Waals surface area contributed by atoms with E-state index in [1.165, 1.54) is 4.90 Å². The summed E-state index contributed by atoms with van der Waals surface area (Å²) in [6, 6.07) is -0.480. The Balaban J connectivity index is 0.00000341. The fraction of sp³-hybridized carbons (Fsp3) is 0.684. The van der Waals surface area contributed by atoms with Crippen LogP contribution in [0.5, 0.6) is 0 Å². The van der Waals surface area contributed by atoms with Crippen LogP contribution in [0.4, 0.5) is 30.6 Å². The first kappa shape index (κ1) is 24.6. The van der Waals surface area contributed by atoms with Crippen molar-refractivity contribution >= 4 is 29.3 Å². The van der Waals surface area contributed by atoms with Crippen molar-refractivity contribution < 1.29 is 27.5 Å². The molecule has 12 heteroatoms. The number of aryl methyl sites for hydroxylation is 1. The summed E-state index contributed by atoms with van der Waals surface area (Å²) in [5.41, 5.74) is 1.18. The fourth-order valence-electron chi connectivity index (χ4n) is 3.58. The van der Waals surface area contributed by atoms with E-state index in [0.717, 1.165) is 0 Å². The Hall–Kier alpha value is -2.63. The SMILES string of the molecule is C.Cc1nc(NC2CN(C(=O)COCC(F)(F)F)C2)nc2c1NC(=O)[C@H](C(C)C)N2C. The predicted molar refractivity (Wildman–Crippen MR) is 110 cm³/mol. The molecule has 0 spiro atoms.